The number of carbonyl (C=O) groups excluding carboxylic acids is 2. The molecule has 2 aliphatic rings. The van der Waals surface area contributed by atoms with Crippen LogP contribution in [-0.4, -0.2) is 134 Å². The summed E-state index contributed by atoms with van der Waals surface area (Å²) in [5.74, 6) is 0.747. The quantitative estimate of drug-likeness (QED) is 0.138. The monoisotopic (exact) mass is 1010 g/mol. The number of amides is 2. The van der Waals surface area contributed by atoms with E-state index in [2.05, 4.69) is 35.2 Å². The fourth-order valence-corrected chi connectivity index (χ4v) is 7.78. The first kappa shape index (κ1) is 51.5. The summed E-state index contributed by atoms with van der Waals surface area (Å²) in [5.41, 5.74) is 3.36. The van der Waals surface area contributed by atoms with Gasteiger partial charge in [-0.15, -0.1) is 11.6 Å². The minimum absolute atomic E-state index is 0. The topological polar surface area (TPSA) is 164 Å². The molecule has 6 heterocycles. The van der Waals surface area contributed by atoms with E-state index in [4.69, 9.17) is 67.5 Å². The molecule has 0 radical (unpaired) electrons. The van der Waals surface area contributed by atoms with Gasteiger partial charge in [0.15, 0.2) is 11.6 Å². The zero-order valence-corrected chi connectivity index (χ0v) is 39.3. The molecule has 2 aromatic carbocycles. The van der Waals surface area contributed by atoms with Crippen molar-refractivity contribution in [1.29, 1.82) is 0 Å². The van der Waals surface area contributed by atoms with Crippen LogP contribution < -0.4 is 19.3 Å². The number of methoxy groups -OCH3 is 2. The predicted octanol–water partition coefficient (Wildman–Crippen LogP) is 8.29. The zero-order chi connectivity index (χ0) is 46.8. The second-order valence-corrected chi connectivity index (χ2v) is 16.1. The third-order valence-corrected chi connectivity index (χ3v) is 12.1. The second-order valence-electron chi connectivity index (χ2n) is 14.3. The SMILES string of the molecule is C.COc1cc(N2CCN(C(=O)CCl)CC2)c(F)cc1Cl.COc1cc(N2CCN(C(=O)Cn3nc(-c4ncccn4)c(Cl)c3C)CC2)c(F)cc1Cl.Cc1[nH]nc(-c2ncccn2)c1Cl. The maximum atomic E-state index is 14.4. The molecule has 23 heteroatoms. The van der Waals surface area contributed by atoms with Gasteiger partial charge >= 0.3 is 0 Å². The van der Waals surface area contributed by atoms with Crippen LogP contribution in [0, 0.1) is 25.5 Å². The van der Waals surface area contributed by atoms with Gasteiger partial charge in [-0.3, -0.25) is 19.4 Å². The number of ether oxygens (including phenoxy) is 2. The summed E-state index contributed by atoms with van der Waals surface area (Å²) < 4.78 is 40.3. The summed E-state index contributed by atoms with van der Waals surface area (Å²) in [6.07, 6.45) is 6.53. The van der Waals surface area contributed by atoms with Crippen LogP contribution in [0.1, 0.15) is 18.8 Å². The van der Waals surface area contributed by atoms with Crippen LogP contribution in [0.2, 0.25) is 20.1 Å². The lowest BCUT2D eigenvalue weighted by Crippen LogP contribution is -2.50. The van der Waals surface area contributed by atoms with Crippen LogP contribution in [0.5, 0.6) is 11.5 Å². The Bertz CT molecular complexity index is 2580. The molecule has 0 atom stereocenters. The summed E-state index contributed by atoms with van der Waals surface area (Å²) in [4.78, 5) is 48.0. The number of anilines is 2. The van der Waals surface area contributed by atoms with Crippen LogP contribution in [0.3, 0.4) is 0 Å². The summed E-state index contributed by atoms with van der Waals surface area (Å²) in [7, 11) is 2.97. The fourth-order valence-electron chi connectivity index (χ4n) is 6.77. The first-order valence-electron chi connectivity index (χ1n) is 19.9. The van der Waals surface area contributed by atoms with Crippen molar-refractivity contribution >= 4 is 81.2 Å². The summed E-state index contributed by atoms with van der Waals surface area (Å²) in [5, 5.41) is 12.7. The Morgan fingerprint density at radius 2 is 1.11 bits per heavy atom. The van der Waals surface area contributed by atoms with Gasteiger partial charge in [0.2, 0.25) is 11.8 Å². The average Bonchev–Trinajstić information content (AvgIpc) is 3.81. The van der Waals surface area contributed by atoms with Crippen LogP contribution in [-0.2, 0) is 16.1 Å². The zero-order valence-electron chi connectivity index (χ0n) is 35.5. The summed E-state index contributed by atoms with van der Waals surface area (Å²) in [6.45, 7) is 7.69. The summed E-state index contributed by atoms with van der Waals surface area (Å²) in [6, 6.07) is 9.10. The molecule has 0 aliphatic carbocycles. The van der Waals surface area contributed by atoms with E-state index in [1.165, 1.54) is 26.4 Å². The van der Waals surface area contributed by atoms with E-state index in [1.54, 1.807) is 70.5 Å². The Morgan fingerprint density at radius 1 is 0.667 bits per heavy atom. The van der Waals surface area contributed by atoms with Crippen molar-refractivity contribution in [1.82, 2.24) is 49.7 Å². The molecule has 66 heavy (non-hydrogen) atoms. The van der Waals surface area contributed by atoms with Gasteiger partial charge in [-0.25, -0.2) is 28.7 Å². The van der Waals surface area contributed by atoms with Gasteiger partial charge in [0.25, 0.3) is 0 Å². The minimum atomic E-state index is -0.423. The summed E-state index contributed by atoms with van der Waals surface area (Å²) >= 11 is 29.8. The van der Waals surface area contributed by atoms with Crippen molar-refractivity contribution in [3.8, 4) is 34.5 Å². The number of benzene rings is 2. The van der Waals surface area contributed by atoms with Gasteiger partial charge in [-0.2, -0.15) is 10.2 Å². The number of piperazine rings is 2. The first-order chi connectivity index (χ1) is 31.2. The molecule has 2 amide bonds. The third-order valence-electron chi connectivity index (χ3n) is 10.3. The molecule has 0 spiro atoms. The van der Waals surface area contributed by atoms with E-state index in [1.807, 2.05) is 16.7 Å². The highest BCUT2D eigenvalue weighted by Gasteiger charge is 2.27. The minimum Gasteiger partial charge on any atom is -0.495 e. The fraction of sp³-hybridized carbons (Fsp3) is 0.349. The molecule has 6 aromatic rings. The molecule has 2 fully saturated rings. The lowest BCUT2D eigenvalue weighted by molar-refractivity contribution is -0.132. The van der Waals surface area contributed by atoms with Crippen molar-refractivity contribution in [3.63, 3.8) is 0 Å². The number of H-pyrrole nitrogens is 1. The molecule has 8 rings (SSSR count). The number of alkyl halides is 1. The molecule has 4 aromatic heterocycles. The largest absolute Gasteiger partial charge is 0.495 e. The van der Waals surface area contributed by atoms with Gasteiger partial charge in [-0.1, -0.05) is 53.8 Å². The standard InChI is InChI=1S/C21H21Cl2FN6O2.C13H15Cl2FN2O2.C8H7ClN4.CH4/c1-13-19(23)20(21-25-4-3-5-26-21)27-30(13)12-18(31)29-8-6-28(7-9-29)16-11-17(32-2)14(22)10-15(16)24;1-20-12-7-11(10(16)6-9(12)15)17-2-4-18(5-3-17)13(19)8-14;1-5-6(9)7(13-12-5)8-10-3-2-4-11-8;/h3-5,10-11H,6-9,12H2,1-2H3;6-7H,2-5,8H2,1H3;2-4H,1H3,(H,12,13);1H4. The number of nitrogens with zero attached hydrogens (tertiary/aromatic N) is 11. The van der Waals surface area contributed by atoms with Crippen molar-refractivity contribution in [2.45, 2.75) is 27.8 Å². The number of halogens is 7. The third kappa shape index (κ3) is 12.3. The number of aromatic amines is 1. The average molecular weight is 1010 g/mol. The number of rotatable bonds is 9. The predicted molar refractivity (Wildman–Crippen MR) is 253 cm³/mol. The normalized spacial score (nSPS) is 13.5. The van der Waals surface area contributed by atoms with E-state index < -0.39 is 11.6 Å². The Labute approximate surface area is 405 Å². The number of hydrogen-bond donors (Lipinski definition) is 1. The van der Waals surface area contributed by atoms with Crippen molar-refractivity contribution in [2.24, 2.45) is 0 Å². The molecule has 2 saturated heterocycles. The van der Waals surface area contributed by atoms with Crippen molar-refractivity contribution in [3.05, 3.63) is 104 Å². The Hall–Kier alpha value is -5.53. The Kier molecular flexibility index (Phi) is 18.5. The highest BCUT2D eigenvalue weighted by molar-refractivity contribution is 6.34. The number of aromatic nitrogens is 8. The van der Waals surface area contributed by atoms with Crippen molar-refractivity contribution < 1.29 is 27.8 Å². The molecule has 2 aliphatic heterocycles. The molecule has 352 valence electrons. The molecule has 1 N–H and O–H groups in total. The van der Waals surface area contributed by atoms with Gasteiger partial charge in [0, 0.05) is 89.3 Å². The smallest absolute Gasteiger partial charge is 0.244 e. The van der Waals surface area contributed by atoms with Crippen LogP contribution in [0.25, 0.3) is 23.0 Å². The van der Waals surface area contributed by atoms with E-state index in [0.717, 1.165) is 5.69 Å². The van der Waals surface area contributed by atoms with E-state index in [9.17, 15) is 18.4 Å². The van der Waals surface area contributed by atoms with Gasteiger partial charge in [0.1, 0.15) is 46.9 Å². The maximum absolute atomic E-state index is 14.4. The van der Waals surface area contributed by atoms with Crippen molar-refractivity contribution in [2.75, 3.05) is 82.3 Å². The highest BCUT2D eigenvalue weighted by atomic mass is 35.5. The lowest BCUT2D eigenvalue weighted by Gasteiger charge is -2.36. The first-order valence-corrected chi connectivity index (χ1v) is 21.9. The van der Waals surface area contributed by atoms with Crippen LogP contribution in [0.4, 0.5) is 20.2 Å². The Morgan fingerprint density at radius 3 is 1.52 bits per heavy atom. The maximum Gasteiger partial charge on any atom is 0.244 e. The van der Waals surface area contributed by atoms with E-state index >= 15 is 0 Å². The van der Waals surface area contributed by atoms with E-state index in [-0.39, 0.29) is 41.7 Å². The number of hydrogen-bond acceptors (Lipinski definition) is 12. The molecule has 0 unspecified atom stereocenters. The van der Waals surface area contributed by atoms with Crippen LogP contribution in [0.15, 0.2) is 61.2 Å². The van der Waals surface area contributed by atoms with Gasteiger partial charge < -0.3 is 29.1 Å². The number of carbonyl (C=O) groups is 2. The molecule has 0 saturated carbocycles. The Balaban J connectivity index is 0.000000204. The van der Waals surface area contributed by atoms with E-state index in [0.29, 0.717) is 114 Å². The highest BCUT2D eigenvalue weighted by Crippen LogP contribution is 2.34. The second kappa shape index (κ2) is 23.8. The molecule has 0 bridgehead atoms. The van der Waals surface area contributed by atoms with Crippen LogP contribution >= 0.6 is 58.0 Å². The molecule has 16 nitrogen and oxygen atoms in total. The number of aryl methyl sites for hydroxylation is 1. The number of nitrogens with one attached hydrogen (secondary N) is 1. The molecular formula is C43H47Cl5F2N12O4. The molecular weight excluding hydrogens is 964 g/mol. The lowest BCUT2D eigenvalue weighted by atomic mass is 10.2. The van der Waals surface area contributed by atoms with Gasteiger partial charge in [-0.05, 0) is 38.1 Å². The van der Waals surface area contributed by atoms with Gasteiger partial charge in [0.05, 0.1) is 57.1 Å².